The normalized spacial score (nSPS) is 16.0. The Labute approximate surface area is 254 Å². The number of nitrogens with one attached hydrogen (secondary N) is 4. The average Bonchev–Trinajstić information content (AvgIpc) is 2.97. The molecule has 1 heterocycles. The van der Waals surface area contributed by atoms with E-state index in [0.29, 0.717) is 39.1 Å². The zero-order chi connectivity index (χ0) is 31.8. The summed E-state index contributed by atoms with van der Waals surface area (Å²) in [5.74, 6) is -1.90. The molecule has 0 aromatic heterocycles. The first-order valence-electron chi connectivity index (χ1n) is 14.8. The Bertz CT molecular complexity index is 1140. The molecule has 12 nitrogen and oxygen atoms in total. The SMILES string of the molecule is Cc1ccc(CNC(=O)C(CCCCNC(=O)C(C#N)=CC(C)C)NC(=O)[C@@H](NC(=O)CN2CCOCC2)[C@@H](C)O)cc1. The van der Waals surface area contributed by atoms with E-state index >= 15 is 0 Å². The summed E-state index contributed by atoms with van der Waals surface area (Å²) in [4.78, 5) is 53.2. The van der Waals surface area contributed by atoms with Gasteiger partial charge in [-0.15, -0.1) is 0 Å². The first-order valence-corrected chi connectivity index (χ1v) is 14.8. The Kier molecular flexibility index (Phi) is 15.4. The molecule has 43 heavy (non-hydrogen) atoms. The topological polar surface area (TPSA) is 173 Å². The lowest BCUT2D eigenvalue weighted by Gasteiger charge is -2.28. The van der Waals surface area contributed by atoms with Crippen LogP contribution in [0.2, 0.25) is 0 Å². The number of nitriles is 1. The van der Waals surface area contributed by atoms with Gasteiger partial charge in [-0.2, -0.15) is 5.26 Å². The molecule has 1 unspecified atom stereocenters. The Balaban J connectivity index is 2.00. The molecule has 0 saturated carbocycles. The minimum Gasteiger partial charge on any atom is -0.391 e. The van der Waals surface area contributed by atoms with Crippen molar-refractivity contribution in [2.75, 3.05) is 39.4 Å². The second-order valence-corrected chi connectivity index (χ2v) is 11.1. The van der Waals surface area contributed by atoms with Gasteiger partial charge >= 0.3 is 0 Å². The Morgan fingerprint density at radius 1 is 1.02 bits per heavy atom. The van der Waals surface area contributed by atoms with Crippen molar-refractivity contribution in [3.8, 4) is 6.07 Å². The molecule has 0 aliphatic carbocycles. The van der Waals surface area contributed by atoms with Gasteiger partial charge < -0.3 is 31.1 Å². The quantitative estimate of drug-likeness (QED) is 0.105. The summed E-state index contributed by atoms with van der Waals surface area (Å²) in [7, 11) is 0. The maximum atomic E-state index is 13.2. The zero-order valence-corrected chi connectivity index (χ0v) is 25.7. The van der Waals surface area contributed by atoms with E-state index in [4.69, 9.17) is 4.74 Å². The number of aliphatic hydroxyl groups excluding tert-OH is 1. The second-order valence-electron chi connectivity index (χ2n) is 11.1. The minimum absolute atomic E-state index is 0.0513. The van der Waals surface area contributed by atoms with Gasteiger partial charge in [-0.1, -0.05) is 49.8 Å². The van der Waals surface area contributed by atoms with Gasteiger partial charge in [0.2, 0.25) is 17.7 Å². The fourth-order valence-electron chi connectivity index (χ4n) is 4.40. The Hall–Kier alpha value is -3.79. The molecule has 1 aromatic rings. The van der Waals surface area contributed by atoms with Gasteiger partial charge in [-0.25, -0.2) is 0 Å². The van der Waals surface area contributed by atoms with Crippen molar-refractivity contribution in [2.45, 2.75) is 71.7 Å². The van der Waals surface area contributed by atoms with Crippen molar-refractivity contribution in [2.24, 2.45) is 5.92 Å². The van der Waals surface area contributed by atoms with E-state index in [-0.39, 0.29) is 37.5 Å². The molecule has 2 rings (SSSR count). The monoisotopic (exact) mass is 598 g/mol. The number of ether oxygens (including phenoxy) is 1. The summed E-state index contributed by atoms with van der Waals surface area (Å²) in [6.45, 7) is 9.95. The summed E-state index contributed by atoms with van der Waals surface area (Å²) in [6.07, 6.45) is 1.62. The van der Waals surface area contributed by atoms with Crippen molar-refractivity contribution >= 4 is 23.6 Å². The standard InChI is InChI=1S/C31H46N6O6/c1-21(2)17-25(18-32)29(40)33-12-6-5-7-26(30(41)34-19-24-10-8-22(3)9-11-24)35-31(42)28(23(4)38)36-27(39)20-37-13-15-43-16-14-37/h8-11,17,21,23,26,28,38H,5-7,12-16,19-20H2,1-4H3,(H,33,40)(H,34,41)(H,35,42)(H,36,39)/t23-,26?,28+/m1/s1. The number of morpholine rings is 1. The van der Waals surface area contributed by atoms with Gasteiger partial charge in [0.1, 0.15) is 23.7 Å². The number of rotatable bonds is 16. The van der Waals surface area contributed by atoms with Crippen LogP contribution in [0.25, 0.3) is 0 Å². The summed E-state index contributed by atoms with van der Waals surface area (Å²) in [6, 6.07) is 7.40. The van der Waals surface area contributed by atoms with Crippen LogP contribution in [0.4, 0.5) is 0 Å². The molecule has 4 amide bonds. The van der Waals surface area contributed by atoms with Crippen molar-refractivity contribution in [1.29, 1.82) is 5.26 Å². The molecule has 1 aliphatic heterocycles. The van der Waals surface area contributed by atoms with E-state index in [9.17, 15) is 29.5 Å². The van der Waals surface area contributed by atoms with Gasteiger partial charge in [0.15, 0.2) is 0 Å². The maximum absolute atomic E-state index is 13.2. The van der Waals surface area contributed by atoms with Crippen molar-refractivity contribution in [3.63, 3.8) is 0 Å². The molecule has 1 saturated heterocycles. The molecule has 5 N–H and O–H groups in total. The summed E-state index contributed by atoms with van der Waals surface area (Å²) >= 11 is 0. The number of allylic oxidation sites excluding steroid dienone is 1. The van der Waals surface area contributed by atoms with Crippen LogP contribution in [-0.4, -0.2) is 91.2 Å². The Morgan fingerprint density at radius 2 is 1.70 bits per heavy atom. The van der Waals surface area contributed by atoms with E-state index < -0.39 is 41.8 Å². The molecule has 3 atom stereocenters. The summed E-state index contributed by atoms with van der Waals surface area (Å²) in [5, 5.41) is 30.4. The number of nitrogens with zero attached hydrogens (tertiary/aromatic N) is 2. The molecule has 1 aromatic carbocycles. The largest absolute Gasteiger partial charge is 0.391 e. The van der Waals surface area contributed by atoms with E-state index in [1.54, 1.807) is 6.08 Å². The van der Waals surface area contributed by atoms with Crippen LogP contribution in [0.15, 0.2) is 35.9 Å². The number of carbonyl (C=O) groups excluding carboxylic acids is 4. The maximum Gasteiger partial charge on any atom is 0.261 e. The highest BCUT2D eigenvalue weighted by atomic mass is 16.5. The van der Waals surface area contributed by atoms with Gasteiger partial charge in [0, 0.05) is 26.2 Å². The highest BCUT2D eigenvalue weighted by Crippen LogP contribution is 2.07. The molecule has 0 bridgehead atoms. The molecule has 1 fully saturated rings. The first kappa shape index (κ1) is 35.4. The second kappa shape index (κ2) is 18.7. The molecular weight excluding hydrogens is 552 g/mol. The van der Waals surface area contributed by atoms with Crippen molar-refractivity contribution in [1.82, 2.24) is 26.2 Å². The number of unbranched alkanes of at least 4 members (excludes halogenated alkanes) is 1. The molecular formula is C31H46N6O6. The van der Waals surface area contributed by atoms with Gasteiger partial charge in [-0.05, 0) is 44.6 Å². The van der Waals surface area contributed by atoms with Crippen LogP contribution in [0.1, 0.15) is 51.2 Å². The zero-order valence-electron chi connectivity index (χ0n) is 25.7. The predicted octanol–water partition coefficient (Wildman–Crippen LogP) is 0.686. The van der Waals surface area contributed by atoms with Crippen LogP contribution in [0, 0.1) is 24.2 Å². The highest BCUT2D eigenvalue weighted by Gasteiger charge is 2.30. The van der Waals surface area contributed by atoms with Gasteiger partial charge in [0.05, 0.1) is 25.9 Å². The number of hydrogen-bond acceptors (Lipinski definition) is 8. The fourth-order valence-corrected chi connectivity index (χ4v) is 4.40. The van der Waals surface area contributed by atoms with E-state index in [2.05, 4.69) is 21.3 Å². The number of hydrogen-bond donors (Lipinski definition) is 5. The van der Waals surface area contributed by atoms with Crippen LogP contribution in [0.5, 0.6) is 0 Å². The van der Waals surface area contributed by atoms with E-state index in [1.165, 1.54) is 6.92 Å². The molecule has 0 spiro atoms. The average molecular weight is 599 g/mol. The molecule has 236 valence electrons. The fraction of sp³-hybridized carbons (Fsp3) is 0.581. The molecule has 1 aliphatic rings. The summed E-state index contributed by atoms with van der Waals surface area (Å²) < 4.78 is 5.30. The number of aryl methyl sites for hydroxylation is 1. The van der Waals surface area contributed by atoms with Crippen molar-refractivity contribution in [3.05, 3.63) is 47.0 Å². The highest BCUT2D eigenvalue weighted by molar-refractivity contribution is 5.97. The smallest absolute Gasteiger partial charge is 0.261 e. The van der Waals surface area contributed by atoms with Crippen LogP contribution in [-0.2, 0) is 30.5 Å². The third-order valence-corrected chi connectivity index (χ3v) is 6.84. The number of benzene rings is 1. The molecule has 0 radical (unpaired) electrons. The minimum atomic E-state index is -1.25. The van der Waals surface area contributed by atoms with Crippen LogP contribution < -0.4 is 21.3 Å². The van der Waals surface area contributed by atoms with Gasteiger partial charge in [-0.3, -0.25) is 24.1 Å². The predicted molar refractivity (Wildman–Crippen MR) is 161 cm³/mol. The third kappa shape index (κ3) is 13.4. The third-order valence-electron chi connectivity index (χ3n) is 6.84. The van der Waals surface area contributed by atoms with E-state index in [0.717, 1.165) is 11.1 Å². The first-order chi connectivity index (χ1) is 20.5. The lowest BCUT2D eigenvalue weighted by molar-refractivity contribution is -0.135. The lowest BCUT2D eigenvalue weighted by atomic mass is 10.1. The molecule has 12 heteroatoms. The number of aliphatic hydroxyl groups is 1. The lowest BCUT2D eigenvalue weighted by Crippen LogP contribution is -2.58. The number of amides is 4. The van der Waals surface area contributed by atoms with Crippen LogP contribution >= 0.6 is 0 Å². The summed E-state index contributed by atoms with van der Waals surface area (Å²) in [5.41, 5.74) is 2.04. The number of carbonyl (C=O) groups is 4. The van der Waals surface area contributed by atoms with Crippen molar-refractivity contribution < 1.29 is 29.0 Å². The Morgan fingerprint density at radius 3 is 2.30 bits per heavy atom. The van der Waals surface area contributed by atoms with Gasteiger partial charge in [0.25, 0.3) is 5.91 Å². The van der Waals surface area contributed by atoms with E-state index in [1.807, 2.05) is 56.0 Å². The van der Waals surface area contributed by atoms with Crippen LogP contribution in [0.3, 0.4) is 0 Å².